The largest absolute Gasteiger partial charge is 0.445 e. The molecule has 46 heavy (non-hydrogen) atoms. The number of fused-ring (bicyclic) bond motifs is 2. The van der Waals surface area contributed by atoms with E-state index in [1.165, 1.54) is 15.6 Å². The van der Waals surface area contributed by atoms with Gasteiger partial charge in [-0.15, -0.1) is 0 Å². The Balaban J connectivity index is 1.09. The fraction of sp³-hybridized carbons (Fsp3) is 0.576. The number of carbonyl (C=O) groups excluding carboxylic acids is 1. The van der Waals surface area contributed by atoms with Crippen molar-refractivity contribution in [2.24, 2.45) is 23.7 Å². The number of aromatic nitrogens is 1. The molecule has 4 aliphatic rings. The number of hydrogen-bond donors (Lipinski definition) is 3. The first-order chi connectivity index (χ1) is 22.1. The van der Waals surface area contributed by atoms with Crippen molar-refractivity contribution in [3.05, 3.63) is 54.1 Å². The van der Waals surface area contributed by atoms with Crippen molar-refractivity contribution in [1.82, 2.24) is 14.6 Å². The topological polar surface area (TPSA) is 139 Å². The van der Waals surface area contributed by atoms with E-state index < -0.39 is 28.3 Å². The Hall–Kier alpha value is -2.81. The first-order valence-electron chi connectivity index (χ1n) is 16.2. The number of carbonyl (C=O) groups is 1. The number of nitrogens with one attached hydrogen (secondary N) is 2. The summed E-state index contributed by atoms with van der Waals surface area (Å²) >= 11 is 1.44. The summed E-state index contributed by atoms with van der Waals surface area (Å²) in [7, 11) is -3.99. The van der Waals surface area contributed by atoms with Crippen LogP contribution < -0.4 is 10.6 Å². The van der Waals surface area contributed by atoms with Crippen LogP contribution in [0.5, 0.6) is 0 Å². The number of hydrogen-bond acceptors (Lipinski definition) is 10. The number of aliphatic hydroxyl groups is 1. The Labute approximate surface area is 273 Å². The van der Waals surface area contributed by atoms with Gasteiger partial charge in [-0.25, -0.2) is 18.2 Å². The Kier molecular flexibility index (Phi) is 8.98. The highest BCUT2D eigenvalue weighted by Gasteiger charge is 2.56. The van der Waals surface area contributed by atoms with Crippen molar-refractivity contribution >= 4 is 42.8 Å². The molecule has 2 saturated heterocycles. The molecule has 1 aromatic heterocycles. The van der Waals surface area contributed by atoms with E-state index in [1.54, 1.807) is 18.2 Å². The lowest BCUT2D eigenvalue weighted by atomic mass is 9.98. The number of amides is 1. The number of thiazole rings is 1. The minimum Gasteiger partial charge on any atom is -0.445 e. The molecule has 248 valence electrons. The third-order valence-corrected chi connectivity index (χ3v) is 12.2. The van der Waals surface area contributed by atoms with Crippen molar-refractivity contribution in [2.45, 2.75) is 75.0 Å². The average Bonchev–Trinajstić information content (AvgIpc) is 3.48. The van der Waals surface area contributed by atoms with E-state index >= 15 is 0 Å². The summed E-state index contributed by atoms with van der Waals surface area (Å²) in [6.45, 7) is 4.85. The van der Waals surface area contributed by atoms with Gasteiger partial charge in [-0.1, -0.05) is 55.5 Å². The minimum absolute atomic E-state index is 0.00430. The van der Waals surface area contributed by atoms with Gasteiger partial charge in [0.05, 0.1) is 40.5 Å². The van der Waals surface area contributed by atoms with Crippen LogP contribution in [0.15, 0.2) is 53.4 Å². The lowest BCUT2D eigenvalue weighted by molar-refractivity contribution is -0.169. The molecule has 0 radical (unpaired) electrons. The van der Waals surface area contributed by atoms with Gasteiger partial charge in [-0.05, 0) is 55.4 Å². The second-order valence-corrected chi connectivity index (χ2v) is 16.5. The maximum Gasteiger partial charge on any atom is 0.407 e. The second-order valence-electron chi connectivity index (χ2n) is 13.5. The predicted molar refractivity (Wildman–Crippen MR) is 174 cm³/mol. The molecule has 2 aliphatic heterocycles. The van der Waals surface area contributed by atoms with Gasteiger partial charge < -0.3 is 30.0 Å². The highest BCUT2D eigenvalue weighted by molar-refractivity contribution is 7.89. The number of ether oxygens (including phenoxy) is 3. The van der Waals surface area contributed by atoms with Gasteiger partial charge >= 0.3 is 6.09 Å². The molecule has 13 heteroatoms. The first-order valence-corrected chi connectivity index (χ1v) is 18.5. The van der Waals surface area contributed by atoms with Crippen molar-refractivity contribution in [2.75, 3.05) is 31.6 Å². The van der Waals surface area contributed by atoms with Crippen molar-refractivity contribution < 1.29 is 32.5 Å². The molecule has 1 amide bonds. The molecule has 7 atom stereocenters. The fourth-order valence-corrected chi connectivity index (χ4v) is 9.71. The van der Waals surface area contributed by atoms with Crippen molar-refractivity contribution in [1.29, 1.82) is 0 Å². The zero-order valence-corrected chi connectivity index (χ0v) is 27.7. The highest BCUT2D eigenvalue weighted by Crippen LogP contribution is 2.49. The van der Waals surface area contributed by atoms with E-state index in [0.29, 0.717) is 25.7 Å². The normalized spacial score (nSPS) is 26.8. The molecule has 7 rings (SSSR count). The van der Waals surface area contributed by atoms with Crippen LogP contribution in [0.25, 0.3) is 10.2 Å². The maximum atomic E-state index is 14.1. The summed E-state index contributed by atoms with van der Waals surface area (Å²) in [4.78, 5) is 18.1. The number of nitrogens with zero attached hydrogens (tertiary/aromatic N) is 2. The number of alkyl carbamates (subject to hydrolysis) is 1. The molecule has 2 saturated carbocycles. The van der Waals surface area contributed by atoms with E-state index in [1.807, 2.05) is 44.2 Å². The van der Waals surface area contributed by atoms with E-state index in [9.17, 15) is 18.3 Å². The van der Waals surface area contributed by atoms with Gasteiger partial charge in [-0.3, -0.25) is 0 Å². The first kappa shape index (κ1) is 31.8. The molecule has 2 aliphatic carbocycles. The number of aliphatic hydroxyl groups excluding tert-OH is 1. The van der Waals surface area contributed by atoms with E-state index in [2.05, 4.69) is 15.6 Å². The summed E-state index contributed by atoms with van der Waals surface area (Å²) in [5.74, 6) is 0.419. The van der Waals surface area contributed by atoms with Gasteiger partial charge in [-0.2, -0.15) is 4.31 Å². The molecule has 6 unspecified atom stereocenters. The lowest BCUT2D eigenvalue weighted by Crippen LogP contribution is -2.52. The standard InChI is InChI=1S/C33H42N4O7S2/c1-19(2)15-37(46(40,41)23-10-11-26-29(14-23)45-32(35-26)34-22-8-9-22)16-28(38)27(12-20-6-4-3-5-7-20)36-33(39)44-30-21-13-24-25(30)18-43-31(24)42-17-21/h3-7,10-11,14,19,21-22,24-25,27-28,30-31,38H,8-9,12-13,15-18H2,1-2H3,(H,34,35)(H,36,39)/t21?,24?,25?,27-,28?,30?,31?/m0/s1. The predicted octanol–water partition coefficient (Wildman–Crippen LogP) is 4.22. The Morgan fingerprint density at radius 2 is 1.89 bits per heavy atom. The number of benzene rings is 2. The maximum absolute atomic E-state index is 14.1. The van der Waals surface area contributed by atoms with Crippen LogP contribution >= 0.6 is 11.3 Å². The summed E-state index contributed by atoms with van der Waals surface area (Å²) in [6.07, 6.45) is 1.03. The summed E-state index contributed by atoms with van der Waals surface area (Å²) in [5.41, 5.74) is 1.64. The molecular formula is C33H42N4O7S2. The van der Waals surface area contributed by atoms with Crippen molar-refractivity contribution in [3.63, 3.8) is 0 Å². The van der Waals surface area contributed by atoms with Gasteiger partial charge in [0, 0.05) is 36.9 Å². The van der Waals surface area contributed by atoms with Gasteiger partial charge in [0.2, 0.25) is 10.0 Å². The van der Waals surface area contributed by atoms with Gasteiger partial charge in [0.1, 0.15) is 6.10 Å². The van der Waals surface area contributed by atoms with E-state index in [-0.39, 0.29) is 54.1 Å². The van der Waals surface area contributed by atoms with Crippen LogP contribution in [-0.2, 0) is 30.7 Å². The zero-order valence-electron chi connectivity index (χ0n) is 26.1. The molecule has 3 aromatic rings. The molecule has 2 aromatic carbocycles. The molecular weight excluding hydrogens is 629 g/mol. The third-order valence-electron chi connectivity index (χ3n) is 9.46. The van der Waals surface area contributed by atoms with Crippen LogP contribution in [0.1, 0.15) is 38.7 Å². The SMILES string of the molecule is CC(C)CN(CC(O)[C@H](Cc1ccccc1)NC(=O)OC1C2COC3OCC1C3C2)S(=O)(=O)c1ccc2nc(NC3CC3)sc2c1. The van der Waals surface area contributed by atoms with Gasteiger partial charge in [0.15, 0.2) is 11.4 Å². The second kappa shape index (κ2) is 13.0. The molecule has 3 heterocycles. The van der Waals surface area contributed by atoms with Crippen LogP contribution in [-0.4, -0.2) is 85.8 Å². The Bertz CT molecular complexity index is 1650. The van der Waals surface area contributed by atoms with E-state index in [4.69, 9.17) is 14.2 Å². The average molecular weight is 671 g/mol. The smallest absolute Gasteiger partial charge is 0.407 e. The van der Waals surface area contributed by atoms with Crippen LogP contribution in [0.2, 0.25) is 0 Å². The molecule has 2 bridgehead atoms. The van der Waals surface area contributed by atoms with Crippen LogP contribution in [0.3, 0.4) is 0 Å². The third kappa shape index (κ3) is 6.76. The zero-order chi connectivity index (χ0) is 32.0. The Morgan fingerprint density at radius 3 is 2.65 bits per heavy atom. The van der Waals surface area contributed by atoms with Crippen LogP contribution in [0, 0.1) is 23.7 Å². The molecule has 4 fully saturated rings. The number of rotatable bonds is 13. The van der Waals surface area contributed by atoms with Crippen molar-refractivity contribution in [3.8, 4) is 0 Å². The van der Waals surface area contributed by atoms with Crippen LogP contribution in [0.4, 0.5) is 9.93 Å². The Morgan fingerprint density at radius 1 is 1.11 bits per heavy atom. The summed E-state index contributed by atoms with van der Waals surface area (Å²) < 4.78 is 47.9. The summed E-state index contributed by atoms with van der Waals surface area (Å²) in [6, 6.07) is 14.1. The fourth-order valence-electron chi connectivity index (χ4n) is 7.00. The lowest BCUT2D eigenvalue weighted by Gasteiger charge is -2.31. The van der Waals surface area contributed by atoms with Gasteiger partial charge in [0.25, 0.3) is 0 Å². The molecule has 0 spiro atoms. The monoisotopic (exact) mass is 670 g/mol. The molecule has 11 nitrogen and oxygen atoms in total. The minimum atomic E-state index is -3.99. The van der Waals surface area contributed by atoms with E-state index in [0.717, 1.165) is 40.2 Å². The summed E-state index contributed by atoms with van der Waals surface area (Å²) in [5, 5.41) is 18.7. The molecule has 3 N–H and O–H groups in total. The number of sulfonamides is 1. The highest BCUT2D eigenvalue weighted by atomic mass is 32.2. The number of anilines is 1. The quantitative estimate of drug-likeness (QED) is 0.244.